The van der Waals surface area contributed by atoms with Gasteiger partial charge in [-0.05, 0) is 30.9 Å². The zero-order chi connectivity index (χ0) is 12.1. The highest BCUT2D eigenvalue weighted by Gasteiger charge is 2.17. The van der Waals surface area contributed by atoms with E-state index in [1.165, 1.54) is 19.3 Å². The van der Waals surface area contributed by atoms with E-state index in [0.29, 0.717) is 13.2 Å². The van der Waals surface area contributed by atoms with Crippen molar-refractivity contribution in [3.63, 3.8) is 0 Å². The molecule has 0 atom stereocenters. The summed E-state index contributed by atoms with van der Waals surface area (Å²) in [5.41, 5.74) is 0. The van der Waals surface area contributed by atoms with Crippen LogP contribution in [0.25, 0.3) is 0 Å². The zero-order valence-electron chi connectivity index (χ0n) is 9.86. The van der Waals surface area contributed by atoms with Gasteiger partial charge >= 0.3 is 12.0 Å². The van der Waals surface area contributed by atoms with Crippen LogP contribution < -0.4 is 9.47 Å². The second-order valence-electron chi connectivity index (χ2n) is 4.04. The van der Waals surface area contributed by atoms with Crippen LogP contribution in [0.15, 0.2) is 0 Å². The predicted octanol–water partition coefficient (Wildman–Crippen LogP) is 2.49. The van der Waals surface area contributed by atoms with Gasteiger partial charge in [-0.25, -0.2) is 0 Å². The minimum absolute atomic E-state index is 0.0992. The SMILES string of the molecule is CCOc1nc(Cl)nc(OCCC2CCC2)n1. The largest absolute Gasteiger partial charge is 0.464 e. The van der Waals surface area contributed by atoms with Crippen molar-refractivity contribution in [1.29, 1.82) is 0 Å². The van der Waals surface area contributed by atoms with Gasteiger partial charge in [0.1, 0.15) is 0 Å². The highest BCUT2D eigenvalue weighted by atomic mass is 35.5. The van der Waals surface area contributed by atoms with E-state index in [1.807, 2.05) is 6.92 Å². The molecule has 2 rings (SSSR count). The molecule has 1 fully saturated rings. The standard InChI is InChI=1S/C11H16ClN3O2/c1-2-16-10-13-9(12)14-11(15-10)17-7-6-8-4-3-5-8/h8H,2-7H2,1H3. The summed E-state index contributed by atoms with van der Waals surface area (Å²) >= 11 is 5.74. The quantitative estimate of drug-likeness (QED) is 0.784. The van der Waals surface area contributed by atoms with Gasteiger partial charge in [0.15, 0.2) is 0 Å². The number of hydrogen-bond acceptors (Lipinski definition) is 5. The van der Waals surface area contributed by atoms with Gasteiger partial charge in [-0.1, -0.05) is 19.3 Å². The maximum Gasteiger partial charge on any atom is 0.323 e. The topological polar surface area (TPSA) is 57.1 Å². The van der Waals surface area contributed by atoms with Gasteiger partial charge in [0.2, 0.25) is 5.28 Å². The van der Waals surface area contributed by atoms with Gasteiger partial charge in [-0.3, -0.25) is 0 Å². The third-order valence-electron chi connectivity index (χ3n) is 2.82. The summed E-state index contributed by atoms with van der Waals surface area (Å²) in [6, 6.07) is 0.457. The summed E-state index contributed by atoms with van der Waals surface area (Å²) in [6.45, 7) is 2.97. The van der Waals surface area contributed by atoms with Crippen molar-refractivity contribution in [3.05, 3.63) is 5.28 Å². The maximum atomic E-state index is 5.74. The summed E-state index contributed by atoms with van der Waals surface area (Å²) < 4.78 is 10.6. The number of rotatable bonds is 6. The van der Waals surface area contributed by atoms with E-state index in [1.54, 1.807) is 0 Å². The van der Waals surface area contributed by atoms with E-state index >= 15 is 0 Å². The Bertz CT molecular complexity index is 372. The number of aromatic nitrogens is 3. The van der Waals surface area contributed by atoms with Crippen molar-refractivity contribution in [2.45, 2.75) is 32.6 Å². The zero-order valence-corrected chi connectivity index (χ0v) is 10.6. The highest BCUT2D eigenvalue weighted by molar-refractivity contribution is 6.28. The summed E-state index contributed by atoms with van der Waals surface area (Å²) in [4.78, 5) is 11.7. The molecular formula is C11H16ClN3O2. The molecule has 0 aliphatic heterocycles. The van der Waals surface area contributed by atoms with Crippen molar-refractivity contribution in [3.8, 4) is 12.0 Å². The van der Waals surface area contributed by atoms with Crippen LogP contribution in [0, 0.1) is 5.92 Å². The Morgan fingerprint density at radius 2 is 1.88 bits per heavy atom. The second kappa shape index (κ2) is 6.00. The fraction of sp³-hybridized carbons (Fsp3) is 0.727. The molecular weight excluding hydrogens is 242 g/mol. The lowest BCUT2D eigenvalue weighted by Crippen LogP contribution is -2.15. The first-order valence-corrected chi connectivity index (χ1v) is 6.33. The van der Waals surface area contributed by atoms with Gasteiger partial charge in [0.05, 0.1) is 13.2 Å². The Morgan fingerprint density at radius 3 is 2.47 bits per heavy atom. The summed E-state index contributed by atoms with van der Waals surface area (Å²) in [7, 11) is 0. The van der Waals surface area contributed by atoms with Crippen LogP contribution in [-0.4, -0.2) is 28.2 Å². The molecule has 17 heavy (non-hydrogen) atoms. The Hall–Kier alpha value is -1.10. The van der Waals surface area contributed by atoms with Gasteiger partial charge in [0, 0.05) is 0 Å². The molecule has 0 unspecified atom stereocenters. The molecule has 1 saturated carbocycles. The molecule has 0 radical (unpaired) electrons. The fourth-order valence-electron chi connectivity index (χ4n) is 1.67. The lowest BCUT2D eigenvalue weighted by atomic mass is 9.83. The molecule has 0 amide bonds. The molecule has 1 heterocycles. The molecule has 0 bridgehead atoms. The molecule has 6 heteroatoms. The van der Waals surface area contributed by atoms with Crippen molar-refractivity contribution >= 4 is 11.6 Å². The third-order valence-corrected chi connectivity index (χ3v) is 2.99. The predicted molar refractivity (Wildman–Crippen MR) is 63.5 cm³/mol. The lowest BCUT2D eigenvalue weighted by molar-refractivity contribution is 0.208. The van der Waals surface area contributed by atoms with Crippen LogP contribution in [-0.2, 0) is 0 Å². The summed E-state index contributed by atoms with van der Waals surface area (Å²) in [5.74, 6) is 0.804. The molecule has 0 spiro atoms. The first kappa shape index (κ1) is 12.4. The van der Waals surface area contributed by atoms with Crippen molar-refractivity contribution in [2.75, 3.05) is 13.2 Å². The Morgan fingerprint density at radius 1 is 1.18 bits per heavy atom. The van der Waals surface area contributed by atoms with E-state index < -0.39 is 0 Å². The monoisotopic (exact) mass is 257 g/mol. The molecule has 1 aromatic heterocycles. The molecule has 5 nitrogen and oxygen atoms in total. The van der Waals surface area contributed by atoms with E-state index in [2.05, 4.69) is 15.0 Å². The lowest BCUT2D eigenvalue weighted by Gasteiger charge is -2.24. The van der Waals surface area contributed by atoms with Crippen LogP contribution in [0.5, 0.6) is 12.0 Å². The average molecular weight is 258 g/mol. The van der Waals surface area contributed by atoms with Crippen molar-refractivity contribution in [2.24, 2.45) is 5.92 Å². The molecule has 0 N–H and O–H groups in total. The normalized spacial score (nSPS) is 15.4. The second-order valence-corrected chi connectivity index (χ2v) is 4.37. The van der Waals surface area contributed by atoms with E-state index in [-0.39, 0.29) is 17.3 Å². The van der Waals surface area contributed by atoms with E-state index in [9.17, 15) is 0 Å². The number of halogens is 1. The van der Waals surface area contributed by atoms with Gasteiger partial charge in [-0.2, -0.15) is 9.97 Å². The number of hydrogen-bond donors (Lipinski definition) is 0. The minimum atomic E-state index is 0.0992. The van der Waals surface area contributed by atoms with Crippen LogP contribution >= 0.6 is 11.6 Å². The third kappa shape index (κ3) is 3.70. The Labute approximate surface area is 106 Å². The molecule has 1 aliphatic carbocycles. The van der Waals surface area contributed by atoms with Crippen LogP contribution in [0.4, 0.5) is 0 Å². The van der Waals surface area contributed by atoms with Gasteiger partial charge < -0.3 is 9.47 Å². The van der Waals surface area contributed by atoms with E-state index in [4.69, 9.17) is 21.1 Å². The van der Waals surface area contributed by atoms with Gasteiger partial charge in [0.25, 0.3) is 0 Å². The van der Waals surface area contributed by atoms with E-state index in [0.717, 1.165) is 12.3 Å². The summed E-state index contributed by atoms with van der Waals surface area (Å²) in [6.07, 6.45) is 5.01. The number of nitrogens with zero attached hydrogens (tertiary/aromatic N) is 3. The minimum Gasteiger partial charge on any atom is -0.464 e. The first-order chi connectivity index (χ1) is 8.28. The van der Waals surface area contributed by atoms with Crippen LogP contribution in [0.3, 0.4) is 0 Å². The fourth-order valence-corrected chi connectivity index (χ4v) is 1.82. The van der Waals surface area contributed by atoms with Crippen molar-refractivity contribution < 1.29 is 9.47 Å². The molecule has 0 saturated heterocycles. The Kier molecular flexibility index (Phi) is 4.36. The molecule has 94 valence electrons. The van der Waals surface area contributed by atoms with Crippen LogP contribution in [0.2, 0.25) is 5.28 Å². The first-order valence-electron chi connectivity index (χ1n) is 5.95. The van der Waals surface area contributed by atoms with Gasteiger partial charge in [-0.15, -0.1) is 4.98 Å². The smallest absolute Gasteiger partial charge is 0.323 e. The Balaban J connectivity index is 1.85. The van der Waals surface area contributed by atoms with Crippen molar-refractivity contribution in [1.82, 2.24) is 15.0 Å². The molecule has 1 aliphatic rings. The average Bonchev–Trinajstić information content (AvgIpc) is 2.21. The summed E-state index contributed by atoms with van der Waals surface area (Å²) in [5, 5.41) is 0.0992. The maximum absolute atomic E-state index is 5.74. The molecule has 0 aromatic carbocycles. The van der Waals surface area contributed by atoms with Crippen LogP contribution in [0.1, 0.15) is 32.6 Å². The number of ether oxygens (including phenoxy) is 2. The molecule has 1 aromatic rings. The highest BCUT2D eigenvalue weighted by Crippen LogP contribution is 2.29.